The first-order valence-corrected chi connectivity index (χ1v) is 11.7. The Balaban J connectivity index is 1.95. The van der Waals surface area contributed by atoms with Gasteiger partial charge in [0.15, 0.2) is 0 Å². The molecule has 0 heterocycles. The molecule has 182 valence electrons. The van der Waals surface area contributed by atoms with Crippen molar-refractivity contribution in [3.05, 3.63) is 0 Å². The maximum absolute atomic E-state index is 12.2. The van der Waals surface area contributed by atoms with Crippen LogP contribution in [0.2, 0.25) is 0 Å². The molecule has 0 radical (unpaired) electrons. The summed E-state index contributed by atoms with van der Waals surface area (Å²) in [5, 5.41) is 46.6. The Bertz CT molecular complexity index is 819. The highest BCUT2D eigenvalue weighted by atomic mass is 16.6. The maximum Gasteiger partial charge on any atom is 0.303 e. The number of carbonyl (C=O) groups excluding carboxylic acids is 2. The van der Waals surface area contributed by atoms with Gasteiger partial charge in [-0.05, 0) is 51.9 Å². The van der Waals surface area contributed by atoms with E-state index in [0.717, 1.165) is 0 Å². The molecule has 4 fully saturated rings. The molecular weight excluding hydrogens is 416 g/mol. The van der Waals surface area contributed by atoms with Crippen LogP contribution < -0.4 is 0 Å². The SMILES string of the molecule is CC(=O)O[C@H]1C2CC[C@@H]3C1(C[C@@H](OC(C)=O)[C@@]1(O)[C@@H](C[C@H](O)C1(C)C)[C@]3(C)O)C[C@@]2(C)O. The Morgan fingerprint density at radius 3 is 2.06 bits per heavy atom. The fraction of sp³-hybridized carbons (Fsp3) is 0.917. The Morgan fingerprint density at radius 2 is 1.50 bits per heavy atom. The molecule has 4 aliphatic rings. The van der Waals surface area contributed by atoms with Crippen molar-refractivity contribution < 1.29 is 39.5 Å². The molecule has 2 bridgehead atoms. The van der Waals surface area contributed by atoms with Crippen LogP contribution in [0.5, 0.6) is 0 Å². The fourth-order valence-corrected chi connectivity index (χ4v) is 8.44. The van der Waals surface area contributed by atoms with Crippen LogP contribution >= 0.6 is 0 Å². The topological polar surface area (TPSA) is 134 Å². The average molecular weight is 455 g/mol. The van der Waals surface area contributed by atoms with E-state index in [-0.39, 0.29) is 25.2 Å². The molecule has 2 unspecified atom stereocenters. The summed E-state index contributed by atoms with van der Waals surface area (Å²) in [7, 11) is 0. The lowest BCUT2D eigenvalue weighted by atomic mass is 9.57. The van der Waals surface area contributed by atoms with Gasteiger partial charge in [0.05, 0.1) is 17.3 Å². The van der Waals surface area contributed by atoms with Gasteiger partial charge in [-0.25, -0.2) is 0 Å². The standard InChI is InChI=1S/C24H38O8/c1-12(25)31-18-10-23-11-21(5,28)14(19(23)32-13(2)26)7-8-15(23)22(6,29)16-9-17(27)20(3,4)24(16,18)30/h14-19,27-30H,7-11H2,1-6H3/t14?,15-,16-,17-,18+,19-,21+,22+,23?,24-/m0/s1. The van der Waals surface area contributed by atoms with Gasteiger partial charge in [-0.2, -0.15) is 0 Å². The van der Waals surface area contributed by atoms with Gasteiger partial charge in [-0.15, -0.1) is 0 Å². The number of aliphatic hydroxyl groups is 4. The number of esters is 2. The van der Waals surface area contributed by atoms with Crippen LogP contribution in [0, 0.1) is 28.6 Å². The monoisotopic (exact) mass is 454 g/mol. The van der Waals surface area contributed by atoms with E-state index in [0.29, 0.717) is 12.8 Å². The van der Waals surface area contributed by atoms with Crippen LogP contribution in [0.3, 0.4) is 0 Å². The van der Waals surface area contributed by atoms with E-state index in [1.807, 2.05) is 0 Å². The summed E-state index contributed by atoms with van der Waals surface area (Å²) in [4.78, 5) is 24.3. The number of aliphatic hydroxyl groups excluding tert-OH is 1. The van der Waals surface area contributed by atoms with Crippen LogP contribution in [0.25, 0.3) is 0 Å². The van der Waals surface area contributed by atoms with Gasteiger partial charge in [-0.3, -0.25) is 9.59 Å². The third kappa shape index (κ3) is 2.88. The van der Waals surface area contributed by atoms with Gasteiger partial charge in [0.2, 0.25) is 0 Å². The largest absolute Gasteiger partial charge is 0.462 e. The third-order valence-electron chi connectivity index (χ3n) is 9.80. The summed E-state index contributed by atoms with van der Waals surface area (Å²) >= 11 is 0. The van der Waals surface area contributed by atoms with Crippen molar-refractivity contribution >= 4 is 11.9 Å². The molecule has 32 heavy (non-hydrogen) atoms. The maximum atomic E-state index is 12.2. The Morgan fingerprint density at radius 1 is 0.906 bits per heavy atom. The molecule has 10 atom stereocenters. The molecule has 0 aromatic carbocycles. The van der Waals surface area contributed by atoms with E-state index in [9.17, 15) is 30.0 Å². The van der Waals surface area contributed by atoms with Gasteiger partial charge >= 0.3 is 11.9 Å². The van der Waals surface area contributed by atoms with Gasteiger partial charge in [-0.1, -0.05) is 13.8 Å². The minimum Gasteiger partial charge on any atom is -0.462 e. The van der Waals surface area contributed by atoms with E-state index < -0.39 is 69.7 Å². The van der Waals surface area contributed by atoms with Crippen molar-refractivity contribution in [2.24, 2.45) is 28.6 Å². The predicted octanol–water partition coefficient (Wildman–Crippen LogP) is 1.31. The molecule has 4 N–H and O–H groups in total. The molecule has 4 rings (SSSR count). The number of ether oxygens (including phenoxy) is 2. The molecule has 0 aliphatic heterocycles. The number of hydrogen-bond donors (Lipinski definition) is 4. The second kappa shape index (κ2) is 6.90. The number of fused-ring (bicyclic) bond motifs is 2. The smallest absolute Gasteiger partial charge is 0.303 e. The predicted molar refractivity (Wildman–Crippen MR) is 113 cm³/mol. The lowest BCUT2D eigenvalue weighted by molar-refractivity contribution is -0.213. The molecule has 0 saturated heterocycles. The van der Waals surface area contributed by atoms with Crippen molar-refractivity contribution in [2.75, 3.05) is 0 Å². The zero-order valence-corrected chi connectivity index (χ0v) is 19.9. The molecular formula is C24H38O8. The average Bonchev–Trinajstić information content (AvgIpc) is 2.86. The Hall–Kier alpha value is -1.22. The van der Waals surface area contributed by atoms with Gasteiger partial charge in [0.25, 0.3) is 0 Å². The minimum absolute atomic E-state index is 0.126. The lowest BCUT2D eigenvalue weighted by Crippen LogP contribution is -2.61. The minimum atomic E-state index is -1.71. The Labute approximate surface area is 189 Å². The molecule has 1 spiro atoms. The number of rotatable bonds is 2. The summed E-state index contributed by atoms with van der Waals surface area (Å²) < 4.78 is 11.6. The van der Waals surface area contributed by atoms with Crippen molar-refractivity contribution in [3.8, 4) is 0 Å². The molecule has 0 aromatic rings. The van der Waals surface area contributed by atoms with Crippen molar-refractivity contribution in [2.45, 2.75) is 109 Å². The molecule has 4 aliphatic carbocycles. The molecule has 8 nitrogen and oxygen atoms in total. The van der Waals surface area contributed by atoms with Crippen LogP contribution in [0.4, 0.5) is 0 Å². The summed E-state index contributed by atoms with van der Waals surface area (Å²) in [6.45, 7) is 9.47. The lowest BCUT2D eigenvalue weighted by Gasteiger charge is -2.51. The van der Waals surface area contributed by atoms with Crippen molar-refractivity contribution in [3.63, 3.8) is 0 Å². The highest BCUT2D eigenvalue weighted by molar-refractivity contribution is 5.67. The fourth-order valence-electron chi connectivity index (χ4n) is 8.44. The number of hydrogen-bond acceptors (Lipinski definition) is 8. The van der Waals surface area contributed by atoms with E-state index in [4.69, 9.17) is 9.47 Å². The highest BCUT2D eigenvalue weighted by Crippen LogP contribution is 2.70. The highest BCUT2D eigenvalue weighted by Gasteiger charge is 2.77. The quantitative estimate of drug-likeness (QED) is 0.459. The first-order chi connectivity index (χ1) is 14.5. The van der Waals surface area contributed by atoms with Gasteiger partial charge < -0.3 is 29.9 Å². The second-order valence-corrected chi connectivity index (χ2v) is 11.9. The summed E-state index contributed by atoms with van der Waals surface area (Å²) in [6.07, 6.45) is -0.950. The van der Waals surface area contributed by atoms with E-state index >= 15 is 0 Å². The summed E-state index contributed by atoms with van der Waals surface area (Å²) in [5.41, 5.74) is -6.25. The molecule has 8 heteroatoms. The Kier molecular flexibility index (Phi) is 5.16. The van der Waals surface area contributed by atoms with Crippen LogP contribution in [0.15, 0.2) is 0 Å². The van der Waals surface area contributed by atoms with Crippen LogP contribution in [-0.2, 0) is 19.1 Å². The molecule has 0 amide bonds. The zero-order chi connectivity index (χ0) is 24.1. The normalized spacial score (nSPS) is 53.7. The van der Waals surface area contributed by atoms with Crippen molar-refractivity contribution in [1.82, 2.24) is 0 Å². The van der Waals surface area contributed by atoms with Crippen molar-refractivity contribution in [1.29, 1.82) is 0 Å². The second-order valence-electron chi connectivity index (χ2n) is 11.9. The first kappa shape index (κ1) is 23.9. The number of carbonyl (C=O) groups is 2. The van der Waals surface area contributed by atoms with E-state index in [1.165, 1.54) is 13.8 Å². The third-order valence-corrected chi connectivity index (χ3v) is 9.80. The summed E-state index contributed by atoms with van der Waals surface area (Å²) in [5.74, 6) is -2.56. The van der Waals surface area contributed by atoms with Gasteiger partial charge in [0.1, 0.15) is 17.8 Å². The van der Waals surface area contributed by atoms with Crippen LogP contribution in [-0.4, -0.2) is 67.5 Å². The van der Waals surface area contributed by atoms with E-state index in [2.05, 4.69) is 0 Å². The van der Waals surface area contributed by atoms with E-state index in [1.54, 1.807) is 27.7 Å². The van der Waals surface area contributed by atoms with Gasteiger partial charge in [0, 0.05) is 36.5 Å². The molecule has 4 saturated carbocycles. The zero-order valence-electron chi connectivity index (χ0n) is 19.9. The summed E-state index contributed by atoms with van der Waals surface area (Å²) in [6, 6.07) is 0. The molecule has 0 aromatic heterocycles. The van der Waals surface area contributed by atoms with Crippen LogP contribution in [0.1, 0.15) is 73.6 Å². The first-order valence-electron chi connectivity index (χ1n) is 11.7.